The van der Waals surface area contributed by atoms with Crippen molar-refractivity contribution in [1.29, 1.82) is 0 Å². The number of benzene rings is 4. The lowest BCUT2D eigenvalue weighted by Gasteiger charge is -2.38. The Labute approximate surface area is 277 Å². The van der Waals surface area contributed by atoms with Gasteiger partial charge in [-0.25, -0.2) is 19.2 Å². The van der Waals surface area contributed by atoms with Crippen molar-refractivity contribution in [1.82, 2.24) is 0 Å². The molecule has 0 atom stereocenters. The number of ether oxygens (including phenoxy) is 4. The van der Waals surface area contributed by atoms with E-state index in [1.54, 1.807) is 0 Å². The molecular weight excluding hydrogens is 714 g/mol. The lowest BCUT2D eigenvalue weighted by Crippen LogP contribution is -2.54. The van der Waals surface area contributed by atoms with Gasteiger partial charge in [-0.05, 0) is 71.8 Å². The molecule has 2 aliphatic heterocycles. The fourth-order valence-electron chi connectivity index (χ4n) is 5.48. The number of fused-ring (bicyclic) bond motifs is 2. The Balaban J connectivity index is 1.31. The molecule has 0 spiro atoms. The number of carbonyl (C=O) groups excluding carboxylic acids is 4. The largest absolute Gasteiger partial charge is 0.429 e. The molecule has 0 saturated heterocycles. The van der Waals surface area contributed by atoms with Gasteiger partial charge in [0.15, 0.2) is 0 Å². The molecule has 0 unspecified atom stereocenters. The van der Waals surface area contributed by atoms with Gasteiger partial charge in [0, 0.05) is 0 Å². The number of esters is 4. The molecule has 18 heteroatoms. The second kappa shape index (κ2) is 11.6. The van der Waals surface area contributed by atoms with Crippen molar-refractivity contribution in [2.45, 2.75) is 30.0 Å². The van der Waals surface area contributed by atoms with Crippen LogP contribution < -0.4 is 9.47 Å². The molecule has 0 aliphatic carbocycles. The molecule has 0 N–H and O–H groups in total. The lowest BCUT2D eigenvalue weighted by molar-refractivity contribution is -0.288. The first-order chi connectivity index (χ1) is 23.7. The molecule has 0 saturated carbocycles. The number of hydrogen-bond donors (Lipinski definition) is 0. The Morgan fingerprint density at radius 3 is 1.00 bits per heavy atom. The molecule has 4 aromatic rings. The summed E-state index contributed by atoms with van der Waals surface area (Å²) in [7, 11) is 0. The van der Waals surface area contributed by atoms with Crippen molar-refractivity contribution in [3.05, 3.63) is 129 Å². The van der Waals surface area contributed by atoms with Crippen molar-refractivity contribution in [2.75, 3.05) is 0 Å². The van der Waals surface area contributed by atoms with Gasteiger partial charge in [0.1, 0.15) is 11.5 Å². The Morgan fingerprint density at radius 2 is 0.686 bits per heavy atom. The summed E-state index contributed by atoms with van der Waals surface area (Å²) in [5, 5.41) is 0. The van der Waals surface area contributed by atoms with Gasteiger partial charge in [0.2, 0.25) is 5.41 Å². The summed E-state index contributed by atoms with van der Waals surface area (Å²) >= 11 is 0. The van der Waals surface area contributed by atoms with Crippen molar-refractivity contribution in [2.24, 2.45) is 0 Å². The molecule has 264 valence electrons. The summed E-state index contributed by atoms with van der Waals surface area (Å²) < 4.78 is 166. The van der Waals surface area contributed by atoms with Gasteiger partial charge in [0.25, 0.3) is 0 Å². The average molecular weight is 728 g/mol. The van der Waals surface area contributed by atoms with E-state index < -0.39 is 98.7 Å². The van der Waals surface area contributed by atoms with E-state index in [0.717, 1.165) is 36.4 Å². The van der Waals surface area contributed by atoms with Gasteiger partial charge in [-0.15, -0.1) is 0 Å². The number of hydrogen-bond acceptors (Lipinski definition) is 8. The van der Waals surface area contributed by atoms with E-state index in [4.69, 9.17) is 0 Å². The van der Waals surface area contributed by atoms with E-state index in [1.807, 2.05) is 0 Å². The van der Waals surface area contributed by atoms with Gasteiger partial charge in [-0.1, -0.05) is 24.3 Å². The lowest BCUT2D eigenvalue weighted by atomic mass is 9.72. The first-order valence-corrected chi connectivity index (χ1v) is 14.0. The van der Waals surface area contributed by atoms with E-state index in [-0.39, 0.29) is 59.7 Å². The zero-order valence-electron chi connectivity index (χ0n) is 24.6. The van der Waals surface area contributed by atoms with Crippen LogP contribution in [-0.4, -0.2) is 36.2 Å². The number of rotatable bonds is 8. The average Bonchev–Trinajstić information content (AvgIpc) is 3.48. The van der Waals surface area contributed by atoms with E-state index in [2.05, 4.69) is 18.9 Å². The third kappa shape index (κ3) is 5.79. The highest BCUT2D eigenvalue weighted by Crippen LogP contribution is 2.56. The molecule has 0 radical (unpaired) electrons. The van der Waals surface area contributed by atoms with Gasteiger partial charge in [-0.2, -0.15) is 43.9 Å². The number of halogens is 10. The molecule has 0 fully saturated rings. The van der Waals surface area contributed by atoms with E-state index >= 15 is 17.6 Å². The van der Waals surface area contributed by atoms with E-state index in [0.29, 0.717) is 0 Å². The first-order valence-electron chi connectivity index (χ1n) is 14.0. The first kappa shape index (κ1) is 34.9. The van der Waals surface area contributed by atoms with Crippen LogP contribution in [0.15, 0.2) is 84.9 Å². The van der Waals surface area contributed by atoms with Crippen molar-refractivity contribution in [3.8, 4) is 11.5 Å². The molecule has 0 bridgehead atoms. The van der Waals surface area contributed by atoms with Crippen LogP contribution in [0.2, 0.25) is 0 Å². The van der Waals surface area contributed by atoms with Crippen LogP contribution in [0.5, 0.6) is 11.5 Å². The van der Waals surface area contributed by atoms with Crippen LogP contribution >= 0.6 is 0 Å². The van der Waals surface area contributed by atoms with Crippen LogP contribution in [0.4, 0.5) is 43.9 Å². The molecule has 51 heavy (non-hydrogen) atoms. The van der Waals surface area contributed by atoms with Gasteiger partial charge in [-0.3, -0.25) is 0 Å². The number of alkyl halides is 10. The summed E-state index contributed by atoms with van der Waals surface area (Å²) in [5.74, 6) is -5.85. The summed E-state index contributed by atoms with van der Waals surface area (Å²) in [6.07, 6.45) is -21.3. The highest BCUT2D eigenvalue weighted by molar-refractivity contribution is 6.15. The maximum atomic E-state index is 15.0. The van der Waals surface area contributed by atoms with Crippen LogP contribution in [-0.2, 0) is 27.1 Å². The van der Waals surface area contributed by atoms with Gasteiger partial charge < -0.3 is 18.9 Å². The molecule has 0 aromatic heterocycles. The Hall–Kier alpha value is -5.94. The summed E-state index contributed by atoms with van der Waals surface area (Å²) in [6.45, 7) is 0. The van der Waals surface area contributed by atoms with Gasteiger partial charge in [0.05, 0.1) is 33.4 Å². The zero-order valence-corrected chi connectivity index (χ0v) is 24.6. The fourth-order valence-corrected chi connectivity index (χ4v) is 5.48. The third-order valence-electron chi connectivity index (χ3n) is 7.88. The SMILES string of the molecule is O=C1OC(=O)c2cc(OC(F)(F)c3ccc(C(c4ccc(C(F)(F)Oc5ccc6c(c5)C(=O)OC6=O)cc4)(C(F)(F)F)C(F)(F)F)cc3)ccc21. The quantitative estimate of drug-likeness (QED) is 0.102. The second-order valence-electron chi connectivity index (χ2n) is 10.9. The minimum atomic E-state index is -6.22. The third-order valence-corrected chi connectivity index (χ3v) is 7.88. The van der Waals surface area contributed by atoms with Crippen molar-refractivity contribution >= 4 is 23.9 Å². The molecule has 8 nitrogen and oxygen atoms in total. The summed E-state index contributed by atoms with van der Waals surface area (Å²) in [5.41, 5.74) is -12.0. The maximum Gasteiger partial charge on any atom is 0.426 e. The monoisotopic (exact) mass is 728 g/mol. The van der Waals surface area contributed by atoms with Crippen LogP contribution in [0.3, 0.4) is 0 Å². The minimum absolute atomic E-state index is 0.113. The van der Waals surface area contributed by atoms with Gasteiger partial charge >= 0.3 is 48.4 Å². The van der Waals surface area contributed by atoms with E-state index in [9.17, 15) is 45.5 Å². The topological polar surface area (TPSA) is 105 Å². The second-order valence-corrected chi connectivity index (χ2v) is 10.9. The maximum absolute atomic E-state index is 15.0. The molecule has 2 aliphatic rings. The zero-order chi connectivity index (χ0) is 37.3. The Morgan fingerprint density at radius 1 is 0.392 bits per heavy atom. The predicted molar refractivity (Wildman–Crippen MR) is 147 cm³/mol. The standard InChI is InChI=1S/C33H14F10O8/c34-30(35,50-19-9-11-21-23(13-19)27(46)48-25(21)44)17-5-1-15(2-6-17)29(32(38,39)40,33(41,42)43)16-3-7-18(8-4-16)31(36,37)51-20-10-12-22-24(14-20)28(47)49-26(22)45/h1-14H. The Kier molecular flexibility index (Phi) is 7.91. The molecule has 6 rings (SSSR count). The molecule has 0 amide bonds. The van der Waals surface area contributed by atoms with Crippen LogP contribution in [0.25, 0.3) is 0 Å². The Bertz CT molecular complexity index is 1950. The van der Waals surface area contributed by atoms with Crippen molar-refractivity contribution in [3.63, 3.8) is 0 Å². The summed E-state index contributed by atoms with van der Waals surface area (Å²) in [6, 6.07) is 6.36. The molecule has 2 heterocycles. The highest BCUT2D eigenvalue weighted by Gasteiger charge is 2.72. The number of cyclic esters (lactones) is 4. The molecule has 4 aromatic carbocycles. The predicted octanol–water partition coefficient (Wildman–Crippen LogP) is 7.98. The highest BCUT2D eigenvalue weighted by atomic mass is 19.4. The van der Waals surface area contributed by atoms with E-state index in [1.165, 1.54) is 0 Å². The molecular formula is C33H14F10O8. The normalized spacial score (nSPS) is 14.9. The minimum Gasteiger partial charge on any atom is -0.429 e. The summed E-state index contributed by atoms with van der Waals surface area (Å²) in [4.78, 5) is 46.6. The number of carbonyl (C=O) groups is 4. The smallest absolute Gasteiger partial charge is 0.426 e. The fraction of sp³-hybridized carbons (Fsp3) is 0.152. The van der Waals surface area contributed by atoms with Crippen molar-refractivity contribution < 1.29 is 82.0 Å². The van der Waals surface area contributed by atoms with Crippen LogP contribution in [0, 0.1) is 0 Å². The van der Waals surface area contributed by atoms with Crippen LogP contribution in [0.1, 0.15) is 63.7 Å².